The Morgan fingerprint density at radius 1 is 1.53 bits per heavy atom. The first-order chi connectivity index (χ1) is 9.12. The topological polar surface area (TPSA) is 70.1 Å². The maximum atomic E-state index is 11.4. The molecule has 0 radical (unpaired) electrons. The number of carbonyl (C=O) groups is 1. The van der Waals surface area contributed by atoms with E-state index >= 15 is 0 Å². The number of carbonyl (C=O) groups excluding carboxylic acids is 1. The SMILES string of the molecule is CCOC(=O)C(N)CSCc1cc(CC)nn1CC. The summed E-state index contributed by atoms with van der Waals surface area (Å²) in [6.45, 7) is 7.18. The number of thioether (sulfide) groups is 1. The van der Waals surface area contributed by atoms with E-state index in [1.165, 1.54) is 5.69 Å². The van der Waals surface area contributed by atoms with Gasteiger partial charge in [-0.1, -0.05) is 6.92 Å². The van der Waals surface area contributed by atoms with Crippen molar-refractivity contribution in [3.8, 4) is 0 Å². The van der Waals surface area contributed by atoms with E-state index in [1.807, 2.05) is 4.68 Å². The third-order valence-electron chi connectivity index (χ3n) is 2.71. The standard InChI is InChI=1S/C13H23N3O2S/c1-4-10-7-11(16(5-2)15-10)8-19-9-12(14)13(17)18-6-3/h7,12H,4-6,8-9,14H2,1-3H3. The van der Waals surface area contributed by atoms with Gasteiger partial charge in [-0.2, -0.15) is 16.9 Å². The second kappa shape index (κ2) is 8.22. The Labute approximate surface area is 118 Å². The molecule has 0 saturated heterocycles. The van der Waals surface area contributed by atoms with Crippen molar-refractivity contribution in [2.75, 3.05) is 12.4 Å². The number of aryl methyl sites for hydroxylation is 2. The van der Waals surface area contributed by atoms with Gasteiger partial charge < -0.3 is 10.5 Å². The highest BCUT2D eigenvalue weighted by molar-refractivity contribution is 7.98. The number of hydrogen-bond acceptors (Lipinski definition) is 5. The summed E-state index contributed by atoms with van der Waals surface area (Å²) in [6, 6.07) is 1.57. The van der Waals surface area contributed by atoms with E-state index in [1.54, 1.807) is 18.7 Å². The molecule has 6 heteroatoms. The lowest BCUT2D eigenvalue weighted by molar-refractivity contribution is -0.144. The lowest BCUT2D eigenvalue weighted by Crippen LogP contribution is -2.34. The molecule has 0 aromatic carbocycles. The predicted molar refractivity (Wildman–Crippen MR) is 78.0 cm³/mol. The first-order valence-corrected chi connectivity index (χ1v) is 7.83. The minimum absolute atomic E-state index is 0.326. The van der Waals surface area contributed by atoms with Crippen molar-refractivity contribution in [1.82, 2.24) is 9.78 Å². The molecule has 2 N–H and O–H groups in total. The molecule has 1 aromatic rings. The number of esters is 1. The van der Waals surface area contributed by atoms with E-state index < -0.39 is 6.04 Å². The second-order valence-corrected chi connectivity index (χ2v) is 5.20. The van der Waals surface area contributed by atoms with Crippen molar-refractivity contribution < 1.29 is 9.53 Å². The van der Waals surface area contributed by atoms with Crippen molar-refractivity contribution >= 4 is 17.7 Å². The minimum Gasteiger partial charge on any atom is -0.465 e. The van der Waals surface area contributed by atoms with E-state index in [-0.39, 0.29) is 5.97 Å². The summed E-state index contributed by atoms with van der Waals surface area (Å²) in [7, 11) is 0. The van der Waals surface area contributed by atoms with Crippen molar-refractivity contribution in [3.63, 3.8) is 0 Å². The van der Waals surface area contributed by atoms with Crippen LogP contribution < -0.4 is 5.73 Å². The highest BCUT2D eigenvalue weighted by Crippen LogP contribution is 2.15. The van der Waals surface area contributed by atoms with Crippen molar-refractivity contribution in [3.05, 3.63) is 17.5 Å². The molecular formula is C13H23N3O2S. The van der Waals surface area contributed by atoms with E-state index in [4.69, 9.17) is 10.5 Å². The molecule has 1 unspecified atom stereocenters. The molecule has 0 fully saturated rings. The van der Waals surface area contributed by atoms with Gasteiger partial charge in [0.25, 0.3) is 0 Å². The van der Waals surface area contributed by atoms with Crippen LogP contribution in [0.3, 0.4) is 0 Å². The average Bonchev–Trinajstić information content (AvgIpc) is 2.81. The van der Waals surface area contributed by atoms with Crippen LogP contribution in [0.4, 0.5) is 0 Å². The molecule has 0 aliphatic carbocycles. The molecule has 108 valence electrons. The Morgan fingerprint density at radius 3 is 2.84 bits per heavy atom. The van der Waals surface area contributed by atoms with Gasteiger partial charge >= 0.3 is 5.97 Å². The van der Waals surface area contributed by atoms with Crippen LogP contribution >= 0.6 is 11.8 Å². The molecule has 1 heterocycles. The molecule has 1 aromatic heterocycles. The highest BCUT2D eigenvalue weighted by Gasteiger charge is 2.15. The molecule has 19 heavy (non-hydrogen) atoms. The number of aromatic nitrogens is 2. The summed E-state index contributed by atoms with van der Waals surface area (Å²) in [5, 5.41) is 4.49. The van der Waals surface area contributed by atoms with Gasteiger partial charge in [0, 0.05) is 23.7 Å². The summed E-state index contributed by atoms with van der Waals surface area (Å²) in [5.41, 5.74) is 8.04. The van der Waals surface area contributed by atoms with Gasteiger partial charge in [-0.3, -0.25) is 9.48 Å². The normalized spacial score (nSPS) is 12.4. The van der Waals surface area contributed by atoms with Crippen LogP contribution in [-0.2, 0) is 28.2 Å². The smallest absolute Gasteiger partial charge is 0.323 e. The fraction of sp³-hybridized carbons (Fsp3) is 0.692. The zero-order chi connectivity index (χ0) is 14.3. The number of nitrogens with two attached hydrogens (primary N) is 1. The van der Waals surface area contributed by atoms with Crippen LogP contribution in [-0.4, -0.2) is 34.2 Å². The minimum atomic E-state index is -0.548. The van der Waals surface area contributed by atoms with Crippen LogP contribution in [0.15, 0.2) is 6.07 Å². The van der Waals surface area contributed by atoms with Crippen LogP contribution in [0, 0.1) is 0 Å². The molecule has 0 aliphatic rings. The van der Waals surface area contributed by atoms with Gasteiger partial charge in [0.1, 0.15) is 6.04 Å². The summed E-state index contributed by atoms with van der Waals surface area (Å²) in [5.74, 6) is 1.05. The molecule has 1 atom stereocenters. The Morgan fingerprint density at radius 2 is 2.26 bits per heavy atom. The molecule has 0 aliphatic heterocycles. The molecule has 0 amide bonds. The summed E-state index contributed by atoms with van der Waals surface area (Å²) in [4.78, 5) is 11.4. The van der Waals surface area contributed by atoms with Gasteiger partial charge in [-0.25, -0.2) is 0 Å². The predicted octanol–water partition coefficient (Wildman–Crippen LogP) is 1.59. The maximum absolute atomic E-state index is 11.4. The Bertz CT molecular complexity index is 407. The number of nitrogens with zero attached hydrogens (tertiary/aromatic N) is 2. The third kappa shape index (κ3) is 4.87. The van der Waals surface area contributed by atoms with Crippen molar-refractivity contribution in [2.45, 2.75) is 45.5 Å². The average molecular weight is 285 g/mol. The summed E-state index contributed by atoms with van der Waals surface area (Å²) < 4.78 is 6.88. The van der Waals surface area contributed by atoms with Gasteiger partial charge in [-0.05, 0) is 26.3 Å². The van der Waals surface area contributed by atoms with Gasteiger partial charge in [0.05, 0.1) is 12.3 Å². The van der Waals surface area contributed by atoms with Gasteiger partial charge in [0.15, 0.2) is 0 Å². The first-order valence-electron chi connectivity index (χ1n) is 6.67. The van der Waals surface area contributed by atoms with Crippen LogP contribution in [0.1, 0.15) is 32.2 Å². The Hall–Kier alpha value is -1.01. The van der Waals surface area contributed by atoms with E-state index in [9.17, 15) is 4.79 Å². The fourth-order valence-corrected chi connectivity index (χ4v) is 2.63. The molecule has 0 spiro atoms. The van der Waals surface area contributed by atoms with Crippen LogP contribution in [0.25, 0.3) is 0 Å². The van der Waals surface area contributed by atoms with Crippen molar-refractivity contribution in [2.24, 2.45) is 5.73 Å². The highest BCUT2D eigenvalue weighted by atomic mass is 32.2. The third-order valence-corrected chi connectivity index (χ3v) is 3.81. The monoisotopic (exact) mass is 285 g/mol. The van der Waals surface area contributed by atoms with Crippen molar-refractivity contribution in [1.29, 1.82) is 0 Å². The lowest BCUT2D eigenvalue weighted by Gasteiger charge is -2.10. The lowest BCUT2D eigenvalue weighted by atomic mass is 10.3. The maximum Gasteiger partial charge on any atom is 0.323 e. The fourth-order valence-electron chi connectivity index (χ4n) is 1.69. The molecule has 1 rings (SSSR count). The van der Waals surface area contributed by atoms with Gasteiger partial charge in [-0.15, -0.1) is 0 Å². The van der Waals surface area contributed by atoms with Crippen LogP contribution in [0.5, 0.6) is 0 Å². The second-order valence-electron chi connectivity index (χ2n) is 4.17. The summed E-state index contributed by atoms with van der Waals surface area (Å²) in [6.07, 6.45) is 0.938. The zero-order valence-electron chi connectivity index (χ0n) is 11.9. The van der Waals surface area contributed by atoms with E-state index in [0.29, 0.717) is 12.4 Å². The number of hydrogen-bond donors (Lipinski definition) is 1. The van der Waals surface area contributed by atoms with E-state index in [0.717, 1.165) is 24.4 Å². The molecule has 0 bridgehead atoms. The largest absolute Gasteiger partial charge is 0.465 e. The molecule has 0 saturated carbocycles. The van der Waals surface area contributed by atoms with Gasteiger partial charge in [0.2, 0.25) is 0 Å². The van der Waals surface area contributed by atoms with Crippen LogP contribution in [0.2, 0.25) is 0 Å². The Balaban J connectivity index is 2.44. The number of ether oxygens (including phenoxy) is 1. The zero-order valence-corrected chi connectivity index (χ0v) is 12.7. The van der Waals surface area contributed by atoms with E-state index in [2.05, 4.69) is 25.0 Å². The molecular weight excluding hydrogens is 262 g/mol. The Kier molecular flexibility index (Phi) is 6.94. The number of rotatable bonds is 8. The molecule has 5 nitrogen and oxygen atoms in total. The first kappa shape index (κ1) is 16.0. The quantitative estimate of drug-likeness (QED) is 0.734. The summed E-state index contributed by atoms with van der Waals surface area (Å²) >= 11 is 1.64.